The molecular weight excluding hydrogens is 226 g/mol. The second kappa shape index (κ2) is 4.47. The fraction of sp³-hybridized carbons (Fsp3) is 0.600. The molecule has 2 aliphatic rings. The molecule has 1 aromatic carbocycles. The number of ether oxygens (including phenoxy) is 1. The van der Waals surface area contributed by atoms with Crippen molar-refractivity contribution in [2.24, 2.45) is 5.41 Å². The number of benzene rings is 1. The zero-order chi connectivity index (χ0) is 12.6. The summed E-state index contributed by atoms with van der Waals surface area (Å²) in [5, 5.41) is 9.40. The van der Waals surface area contributed by atoms with Crippen LogP contribution in [0.15, 0.2) is 18.2 Å². The lowest BCUT2D eigenvalue weighted by molar-refractivity contribution is 0.0904. The molecule has 3 heteroatoms. The molecule has 1 saturated carbocycles. The van der Waals surface area contributed by atoms with E-state index in [9.17, 15) is 5.11 Å². The standard InChI is InChI=1S/C15H21NO2/c1-2-18-14-5-4-13(8-12(14)9-17)16-10-15(11-16)6-3-7-15/h4-5,8,17H,2-3,6-7,9-11H2,1H3. The van der Waals surface area contributed by atoms with E-state index < -0.39 is 0 Å². The first-order chi connectivity index (χ1) is 8.76. The van der Waals surface area contributed by atoms with Crippen LogP contribution in [-0.2, 0) is 6.61 Å². The Morgan fingerprint density at radius 3 is 2.67 bits per heavy atom. The third-order valence-electron chi connectivity index (χ3n) is 4.35. The van der Waals surface area contributed by atoms with Gasteiger partial charge in [0, 0.05) is 29.8 Å². The van der Waals surface area contributed by atoms with Crippen LogP contribution in [0, 0.1) is 5.41 Å². The molecule has 3 nitrogen and oxygen atoms in total. The SMILES string of the molecule is CCOc1ccc(N2CC3(CCC3)C2)cc1CO. The molecule has 1 aromatic rings. The van der Waals surface area contributed by atoms with Crippen molar-refractivity contribution in [3.8, 4) is 5.75 Å². The van der Waals surface area contributed by atoms with Gasteiger partial charge in [-0.05, 0) is 38.0 Å². The minimum absolute atomic E-state index is 0.0438. The Balaban J connectivity index is 1.73. The van der Waals surface area contributed by atoms with E-state index in [1.807, 2.05) is 13.0 Å². The number of aliphatic hydroxyl groups is 1. The third kappa shape index (κ3) is 1.87. The van der Waals surface area contributed by atoms with Gasteiger partial charge in [-0.3, -0.25) is 0 Å². The molecule has 2 fully saturated rings. The summed E-state index contributed by atoms with van der Waals surface area (Å²) in [5.74, 6) is 0.808. The summed E-state index contributed by atoms with van der Waals surface area (Å²) in [6, 6.07) is 6.16. The quantitative estimate of drug-likeness (QED) is 0.887. The van der Waals surface area contributed by atoms with Crippen molar-refractivity contribution >= 4 is 5.69 Å². The van der Waals surface area contributed by atoms with Gasteiger partial charge in [0.2, 0.25) is 0 Å². The predicted octanol–water partition coefficient (Wildman–Crippen LogP) is 2.57. The number of aliphatic hydroxyl groups excluding tert-OH is 1. The van der Waals surface area contributed by atoms with Gasteiger partial charge < -0.3 is 14.7 Å². The van der Waals surface area contributed by atoms with Crippen molar-refractivity contribution in [3.05, 3.63) is 23.8 Å². The second-order valence-electron chi connectivity index (χ2n) is 5.59. The van der Waals surface area contributed by atoms with Crippen molar-refractivity contribution in [2.75, 3.05) is 24.6 Å². The van der Waals surface area contributed by atoms with Gasteiger partial charge in [-0.25, -0.2) is 0 Å². The summed E-state index contributed by atoms with van der Waals surface area (Å²) in [4.78, 5) is 2.41. The fourth-order valence-corrected chi connectivity index (χ4v) is 3.12. The Kier molecular flexibility index (Phi) is 2.94. The van der Waals surface area contributed by atoms with Crippen LogP contribution >= 0.6 is 0 Å². The van der Waals surface area contributed by atoms with Gasteiger partial charge in [0.15, 0.2) is 0 Å². The lowest BCUT2D eigenvalue weighted by atomic mass is 9.63. The molecule has 3 rings (SSSR count). The van der Waals surface area contributed by atoms with E-state index in [2.05, 4.69) is 17.0 Å². The highest BCUT2D eigenvalue weighted by atomic mass is 16.5. The molecule has 1 spiro atoms. The summed E-state index contributed by atoms with van der Waals surface area (Å²) in [6.07, 6.45) is 4.19. The van der Waals surface area contributed by atoms with Gasteiger partial charge in [-0.2, -0.15) is 0 Å². The summed E-state index contributed by atoms with van der Waals surface area (Å²) in [6.45, 7) is 5.02. The molecule has 18 heavy (non-hydrogen) atoms. The molecular formula is C15H21NO2. The fourth-order valence-electron chi connectivity index (χ4n) is 3.12. The zero-order valence-corrected chi connectivity index (χ0v) is 11.0. The third-order valence-corrected chi connectivity index (χ3v) is 4.35. The summed E-state index contributed by atoms with van der Waals surface area (Å²) in [7, 11) is 0. The Hall–Kier alpha value is -1.22. The van der Waals surface area contributed by atoms with Crippen LogP contribution in [0.1, 0.15) is 31.7 Å². The van der Waals surface area contributed by atoms with Gasteiger partial charge in [0.25, 0.3) is 0 Å². The minimum Gasteiger partial charge on any atom is -0.494 e. The monoisotopic (exact) mass is 247 g/mol. The van der Waals surface area contributed by atoms with Crippen LogP contribution in [0.2, 0.25) is 0 Å². The van der Waals surface area contributed by atoms with Crippen LogP contribution in [0.4, 0.5) is 5.69 Å². The smallest absolute Gasteiger partial charge is 0.124 e. The summed E-state index contributed by atoms with van der Waals surface area (Å²) >= 11 is 0. The topological polar surface area (TPSA) is 32.7 Å². The maximum Gasteiger partial charge on any atom is 0.124 e. The number of hydrogen-bond donors (Lipinski definition) is 1. The van der Waals surface area contributed by atoms with Crippen molar-refractivity contribution in [3.63, 3.8) is 0 Å². The molecule has 0 bridgehead atoms. The first-order valence-corrected chi connectivity index (χ1v) is 6.88. The molecule has 1 saturated heterocycles. The minimum atomic E-state index is 0.0438. The van der Waals surface area contributed by atoms with E-state index in [0.717, 1.165) is 11.3 Å². The Morgan fingerprint density at radius 1 is 1.33 bits per heavy atom. The average molecular weight is 247 g/mol. The highest BCUT2D eigenvalue weighted by molar-refractivity contribution is 5.55. The van der Waals surface area contributed by atoms with E-state index in [1.165, 1.54) is 38.0 Å². The number of rotatable bonds is 4. The first-order valence-electron chi connectivity index (χ1n) is 6.88. The molecule has 1 N–H and O–H groups in total. The molecule has 1 heterocycles. The van der Waals surface area contributed by atoms with Crippen molar-refractivity contribution in [2.45, 2.75) is 32.8 Å². The molecule has 0 radical (unpaired) electrons. The molecule has 0 amide bonds. The Labute approximate surface area is 108 Å². The van der Waals surface area contributed by atoms with Gasteiger partial charge in [-0.15, -0.1) is 0 Å². The number of nitrogens with zero attached hydrogens (tertiary/aromatic N) is 1. The van der Waals surface area contributed by atoms with Crippen LogP contribution in [0.3, 0.4) is 0 Å². The highest BCUT2D eigenvalue weighted by Crippen LogP contribution is 2.49. The van der Waals surface area contributed by atoms with Crippen LogP contribution in [-0.4, -0.2) is 24.8 Å². The Morgan fingerprint density at radius 2 is 2.11 bits per heavy atom. The second-order valence-corrected chi connectivity index (χ2v) is 5.59. The first kappa shape index (κ1) is 11.8. The van der Waals surface area contributed by atoms with Gasteiger partial charge >= 0.3 is 0 Å². The molecule has 0 unspecified atom stereocenters. The van der Waals surface area contributed by atoms with Crippen molar-refractivity contribution < 1.29 is 9.84 Å². The lowest BCUT2D eigenvalue weighted by Gasteiger charge is -2.57. The lowest BCUT2D eigenvalue weighted by Crippen LogP contribution is -2.59. The summed E-state index contributed by atoms with van der Waals surface area (Å²) < 4.78 is 5.51. The predicted molar refractivity (Wildman–Crippen MR) is 72.0 cm³/mol. The zero-order valence-electron chi connectivity index (χ0n) is 11.0. The van der Waals surface area contributed by atoms with Crippen LogP contribution < -0.4 is 9.64 Å². The van der Waals surface area contributed by atoms with E-state index in [-0.39, 0.29) is 6.61 Å². The van der Waals surface area contributed by atoms with E-state index in [4.69, 9.17) is 4.74 Å². The van der Waals surface area contributed by atoms with Gasteiger partial charge in [0.1, 0.15) is 5.75 Å². The van der Waals surface area contributed by atoms with Gasteiger partial charge in [-0.1, -0.05) is 6.42 Å². The van der Waals surface area contributed by atoms with E-state index in [1.54, 1.807) is 0 Å². The molecule has 98 valence electrons. The molecule has 0 atom stereocenters. The number of anilines is 1. The van der Waals surface area contributed by atoms with Crippen LogP contribution in [0.25, 0.3) is 0 Å². The average Bonchev–Trinajstić information content (AvgIpc) is 2.27. The van der Waals surface area contributed by atoms with E-state index in [0.29, 0.717) is 12.0 Å². The van der Waals surface area contributed by atoms with Gasteiger partial charge in [0.05, 0.1) is 13.2 Å². The van der Waals surface area contributed by atoms with E-state index >= 15 is 0 Å². The maximum absolute atomic E-state index is 9.40. The highest BCUT2D eigenvalue weighted by Gasteiger charge is 2.47. The molecule has 0 aromatic heterocycles. The number of hydrogen-bond acceptors (Lipinski definition) is 3. The largest absolute Gasteiger partial charge is 0.494 e. The van der Waals surface area contributed by atoms with Crippen molar-refractivity contribution in [1.82, 2.24) is 0 Å². The molecule has 1 aliphatic carbocycles. The van der Waals surface area contributed by atoms with Crippen molar-refractivity contribution in [1.29, 1.82) is 0 Å². The summed E-state index contributed by atoms with van der Waals surface area (Å²) in [5.41, 5.74) is 2.75. The van der Waals surface area contributed by atoms with Crippen LogP contribution in [0.5, 0.6) is 5.75 Å². The Bertz CT molecular complexity index is 432. The normalized spacial score (nSPS) is 20.4. The molecule has 1 aliphatic heterocycles. The maximum atomic E-state index is 9.40.